The van der Waals surface area contributed by atoms with Crippen LogP contribution in [0.2, 0.25) is 0 Å². The first-order valence-electron chi connectivity index (χ1n) is 8.66. The Balaban J connectivity index is 2.25. The van der Waals surface area contributed by atoms with Gasteiger partial charge in [-0.1, -0.05) is 32.9 Å². The molecule has 0 saturated carbocycles. The number of thiazole rings is 1. The number of rotatable bonds is 7. The van der Waals surface area contributed by atoms with Crippen LogP contribution < -0.4 is 16.0 Å². The summed E-state index contributed by atoms with van der Waals surface area (Å²) in [6.07, 6.45) is 1.19. The van der Waals surface area contributed by atoms with Crippen LogP contribution in [0.5, 0.6) is 0 Å². The number of primary amides is 1. The van der Waals surface area contributed by atoms with Crippen molar-refractivity contribution in [2.24, 2.45) is 11.1 Å². The summed E-state index contributed by atoms with van der Waals surface area (Å²) < 4.78 is 14.4. The van der Waals surface area contributed by atoms with E-state index in [1.165, 1.54) is 29.5 Å². The van der Waals surface area contributed by atoms with Crippen molar-refractivity contribution in [3.8, 4) is 0 Å². The molecule has 0 aliphatic carbocycles. The lowest BCUT2D eigenvalue weighted by molar-refractivity contribution is -0.127. The van der Waals surface area contributed by atoms with Crippen LogP contribution in [0.25, 0.3) is 0 Å². The lowest BCUT2D eigenvalue weighted by Crippen LogP contribution is -2.55. The van der Waals surface area contributed by atoms with Gasteiger partial charge >= 0.3 is 0 Å². The Morgan fingerprint density at radius 1 is 1.25 bits per heavy atom. The van der Waals surface area contributed by atoms with E-state index >= 15 is 0 Å². The number of nitrogens with zero attached hydrogens (tertiary/aromatic N) is 2. The minimum Gasteiger partial charge on any atom is -0.368 e. The van der Waals surface area contributed by atoms with Gasteiger partial charge in [0.2, 0.25) is 17.7 Å². The first kappa shape index (κ1) is 21.5. The van der Waals surface area contributed by atoms with Gasteiger partial charge in [-0.25, -0.2) is 9.37 Å². The molecule has 1 atom stereocenters. The zero-order valence-corrected chi connectivity index (χ0v) is 16.8. The van der Waals surface area contributed by atoms with E-state index in [1.807, 2.05) is 0 Å². The SMILES string of the molecule is CC(C)(C)C(C(N)=O)N(C(=O)CCC(=O)Nc1nccs1)c1ccccc1F. The molecule has 0 radical (unpaired) electrons. The molecule has 0 aliphatic heterocycles. The first-order valence-corrected chi connectivity index (χ1v) is 9.54. The van der Waals surface area contributed by atoms with Crippen molar-refractivity contribution in [2.75, 3.05) is 10.2 Å². The Labute approximate surface area is 166 Å². The molecule has 0 bridgehead atoms. The molecule has 3 amide bonds. The molecule has 9 heteroatoms. The molecule has 0 aliphatic rings. The van der Waals surface area contributed by atoms with E-state index in [1.54, 1.807) is 38.4 Å². The molecule has 0 spiro atoms. The van der Waals surface area contributed by atoms with Gasteiger partial charge in [0.05, 0.1) is 5.69 Å². The van der Waals surface area contributed by atoms with Crippen molar-refractivity contribution < 1.29 is 18.8 Å². The molecular weight excluding hydrogens is 383 g/mol. The Kier molecular flexibility index (Phi) is 6.85. The van der Waals surface area contributed by atoms with Crippen LogP contribution in [0, 0.1) is 11.2 Å². The second kappa shape index (κ2) is 8.92. The van der Waals surface area contributed by atoms with E-state index in [4.69, 9.17) is 5.73 Å². The number of nitrogens with two attached hydrogens (primary N) is 1. The fourth-order valence-electron chi connectivity index (χ4n) is 2.81. The number of carbonyl (C=O) groups excluding carboxylic acids is 3. The number of nitrogens with one attached hydrogen (secondary N) is 1. The predicted molar refractivity (Wildman–Crippen MR) is 106 cm³/mol. The zero-order valence-electron chi connectivity index (χ0n) is 15.9. The highest BCUT2D eigenvalue weighted by Crippen LogP contribution is 2.31. The molecule has 1 heterocycles. The zero-order chi connectivity index (χ0) is 20.9. The fraction of sp³-hybridized carbons (Fsp3) is 0.368. The van der Waals surface area contributed by atoms with Crippen molar-refractivity contribution in [3.63, 3.8) is 0 Å². The van der Waals surface area contributed by atoms with Gasteiger partial charge in [-0.2, -0.15) is 0 Å². The topological polar surface area (TPSA) is 105 Å². The van der Waals surface area contributed by atoms with Crippen molar-refractivity contribution in [1.82, 2.24) is 4.98 Å². The molecule has 1 unspecified atom stereocenters. The Morgan fingerprint density at radius 3 is 2.46 bits per heavy atom. The van der Waals surface area contributed by atoms with E-state index in [0.717, 1.165) is 4.90 Å². The number of carbonyl (C=O) groups is 3. The average Bonchev–Trinajstić information content (AvgIpc) is 3.09. The molecule has 150 valence electrons. The van der Waals surface area contributed by atoms with Crippen LogP contribution in [-0.4, -0.2) is 28.7 Å². The third-order valence-corrected chi connectivity index (χ3v) is 4.66. The summed E-state index contributed by atoms with van der Waals surface area (Å²) in [5.74, 6) is -2.38. The van der Waals surface area contributed by atoms with Crippen molar-refractivity contribution in [2.45, 2.75) is 39.7 Å². The summed E-state index contributed by atoms with van der Waals surface area (Å²) in [4.78, 5) is 42.2. The Morgan fingerprint density at radius 2 is 1.93 bits per heavy atom. The van der Waals surface area contributed by atoms with Crippen LogP contribution in [0.3, 0.4) is 0 Å². The number of hydrogen-bond acceptors (Lipinski definition) is 5. The number of aromatic nitrogens is 1. The van der Waals surface area contributed by atoms with Crippen molar-refractivity contribution >= 4 is 39.9 Å². The van der Waals surface area contributed by atoms with Crippen LogP contribution in [0.1, 0.15) is 33.6 Å². The molecule has 1 aromatic heterocycles. The molecule has 7 nitrogen and oxygen atoms in total. The van der Waals surface area contributed by atoms with Crippen molar-refractivity contribution in [1.29, 1.82) is 0 Å². The highest BCUT2D eigenvalue weighted by atomic mass is 32.1. The highest BCUT2D eigenvalue weighted by Gasteiger charge is 2.39. The number of amides is 3. The maximum atomic E-state index is 14.4. The monoisotopic (exact) mass is 406 g/mol. The summed E-state index contributed by atoms with van der Waals surface area (Å²) in [7, 11) is 0. The highest BCUT2D eigenvalue weighted by molar-refractivity contribution is 7.13. The largest absolute Gasteiger partial charge is 0.368 e. The fourth-order valence-corrected chi connectivity index (χ4v) is 3.36. The average molecular weight is 406 g/mol. The van der Waals surface area contributed by atoms with Gasteiger partial charge < -0.3 is 11.1 Å². The van der Waals surface area contributed by atoms with E-state index in [9.17, 15) is 18.8 Å². The van der Waals surface area contributed by atoms with Crippen LogP contribution in [-0.2, 0) is 14.4 Å². The van der Waals surface area contributed by atoms with Gasteiger partial charge in [-0.05, 0) is 17.5 Å². The van der Waals surface area contributed by atoms with Gasteiger partial charge in [0.1, 0.15) is 11.9 Å². The quantitative estimate of drug-likeness (QED) is 0.737. The summed E-state index contributed by atoms with van der Waals surface area (Å²) >= 11 is 1.25. The normalized spacial score (nSPS) is 12.3. The van der Waals surface area contributed by atoms with Gasteiger partial charge in [0.15, 0.2) is 5.13 Å². The van der Waals surface area contributed by atoms with E-state index in [0.29, 0.717) is 5.13 Å². The van der Waals surface area contributed by atoms with Crippen LogP contribution in [0.15, 0.2) is 35.8 Å². The van der Waals surface area contributed by atoms with Crippen LogP contribution >= 0.6 is 11.3 Å². The molecule has 1 aromatic carbocycles. The maximum absolute atomic E-state index is 14.4. The lowest BCUT2D eigenvalue weighted by Gasteiger charge is -2.38. The molecule has 28 heavy (non-hydrogen) atoms. The molecule has 0 saturated heterocycles. The Hall–Kier alpha value is -2.81. The number of para-hydroxylation sites is 1. The van der Waals surface area contributed by atoms with Gasteiger partial charge in [0, 0.05) is 24.4 Å². The second-order valence-electron chi connectivity index (χ2n) is 7.27. The predicted octanol–water partition coefficient (Wildman–Crippen LogP) is 2.93. The minimum absolute atomic E-state index is 0.0495. The third-order valence-electron chi connectivity index (χ3n) is 3.97. The maximum Gasteiger partial charge on any atom is 0.241 e. The summed E-state index contributed by atoms with van der Waals surface area (Å²) in [5.41, 5.74) is 4.76. The number of halogens is 1. The number of anilines is 2. The van der Waals surface area contributed by atoms with E-state index in [-0.39, 0.29) is 18.5 Å². The molecule has 0 fully saturated rings. The Bertz CT molecular complexity index is 849. The summed E-state index contributed by atoms with van der Waals surface area (Å²) in [5, 5.41) is 4.72. The van der Waals surface area contributed by atoms with Crippen molar-refractivity contribution in [3.05, 3.63) is 41.7 Å². The first-order chi connectivity index (χ1) is 13.1. The summed E-state index contributed by atoms with van der Waals surface area (Å²) in [6.45, 7) is 5.20. The van der Waals surface area contributed by atoms with Crippen LogP contribution in [0.4, 0.5) is 15.2 Å². The number of benzene rings is 1. The van der Waals surface area contributed by atoms with Gasteiger partial charge in [-0.15, -0.1) is 11.3 Å². The molecule has 3 N–H and O–H groups in total. The summed E-state index contributed by atoms with van der Waals surface area (Å²) in [6, 6.07) is 4.57. The smallest absolute Gasteiger partial charge is 0.241 e. The van der Waals surface area contributed by atoms with E-state index < -0.39 is 35.0 Å². The molecule has 2 rings (SSSR count). The minimum atomic E-state index is -1.08. The molecule has 2 aromatic rings. The third kappa shape index (κ3) is 5.35. The molecular formula is C19H23FN4O3S. The van der Waals surface area contributed by atoms with E-state index in [2.05, 4.69) is 10.3 Å². The lowest BCUT2D eigenvalue weighted by atomic mass is 9.84. The standard InChI is InChI=1S/C19H23FN4O3S/c1-19(2,3)16(17(21)27)24(13-7-5-4-6-12(13)20)15(26)9-8-14(25)23-18-22-10-11-28-18/h4-7,10-11,16H,8-9H2,1-3H3,(H2,21,27)(H,22,23,25). The van der Waals surface area contributed by atoms with Gasteiger partial charge in [-0.3, -0.25) is 19.3 Å². The second-order valence-corrected chi connectivity index (χ2v) is 8.17. The number of hydrogen-bond donors (Lipinski definition) is 2. The van der Waals surface area contributed by atoms with Gasteiger partial charge in [0.25, 0.3) is 0 Å².